The quantitative estimate of drug-likeness (QED) is 0.751. The number of nitrogens with zero attached hydrogens (tertiary/aromatic N) is 5. The zero-order chi connectivity index (χ0) is 18.3. The Bertz CT molecular complexity index is 913. The van der Waals surface area contributed by atoms with Crippen LogP contribution in [0.5, 0.6) is 0 Å². The molecular weight excluding hydrogens is 348 g/mol. The van der Waals surface area contributed by atoms with E-state index in [1.807, 2.05) is 48.6 Å². The molecule has 136 valence electrons. The van der Waals surface area contributed by atoms with Crippen LogP contribution in [-0.2, 0) is 0 Å². The van der Waals surface area contributed by atoms with E-state index in [9.17, 15) is 4.79 Å². The molecule has 2 aromatic heterocycles. The second-order valence-electron chi connectivity index (χ2n) is 6.82. The minimum Gasteiger partial charge on any atom is -0.315 e. The Kier molecular flexibility index (Phi) is 4.36. The number of hydrogen-bond acceptors (Lipinski definition) is 5. The summed E-state index contributed by atoms with van der Waals surface area (Å²) in [5, 5.41) is 8.24. The number of nitrogens with one attached hydrogen (secondary N) is 1. The van der Waals surface area contributed by atoms with E-state index in [1.54, 1.807) is 11.3 Å². The Hall–Kier alpha value is -2.48. The van der Waals surface area contributed by atoms with Crippen LogP contribution >= 0.6 is 11.3 Å². The zero-order valence-electron chi connectivity index (χ0n) is 15.1. The summed E-state index contributed by atoms with van der Waals surface area (Å²) < 4.78 is 2.97. The van der Waals surface area contributed by atoms with Gasteiger partial charge in [0.1, 0.15) is 10.8 Å². The zero-order valence-corrected chi connectivity index (χ0v) is 16.0. The minimum atomic E-state index is -0.160. The number of aromatic nitrogens is 4. The van der Waals surface area contributed by atoms with Crippen LogP contribution in [0.1, 0.15) is 49.6 Å². The molecule has 0 bridgehead atoms. The predicted octanol–water partition coefficient (Wildman–Crippen LogP) is 4.15. The van der Waals surface area contributed by atoms with Gasteiger partial charge < -0.3 is 4.90 Å². The highest BCUT2D eigenvalue weighted by Gasteiger charge is 2.32. The highest BCUT2D eigenvalue weighted by molar-refractivity contribution is 7.18. The van der Waals surface area contributed by atoms with Gasteiger partial charge in [0.15, 0.2) is 0 Å². The molecule has 0 saturated carbocycles. The smallest absolute Gasteiger partial charge is 0.315 e. The van der Waals surface area contributed by atoms with Crippen LogP contribution < -0.4 is 5.32 Å². The second kappa shape index (κ2) is 6.68. The number of anilines is 1. The molecule has 1 atom stereocenters. The number of rotatable bonds is 3. The number of fused-ring (bicyclic) bond motifs is 1. The number of para-hydroxylation sites is 1. The van der Waals surface area contributed by atoms with Gasteiger partial charge >= 0.3 is 6.03 Å². The van der Waals surface area contributed by atoms with E-state index in [0.717, 1.165) is 40.4 Å². The summed E-state index contributed by atoms with van der Waals surface area (Å²) in [5.41, 5.74) is 0.993. The first kappa shape index (κ1) is 17.0. The number of urea groups is 1. The number of benzene rings is 1. The first-order valence-corrected chi connectivity index (χ1v) is 9.71. The molecule has 26 heavy (non-hydrogen) atoms. The molecule has 0 aliphatic carbocycles. The SMILES string of the molecule is Cc1nc(NC(=O)N2CCC[C@H]2c2nc3ccccc3s2)nn1C(C)C. The van der Waals surface area contributed by atoms with E-state index >= 15 is 0 Å². The van der Waals surface area contributed by atoms with Crippen molar-refractivity contribution in [2.24, 2.45) is 0 Å². The lowest BCUT2D eigenvalue weighted by molar-refractivity contribution is 0.207. The standard InChI is InChI=1S/C18H22N6OS/c1-11(2)24-12(3)19-17(22-24)21-18(25)23-10-6-8-14(23)16-20-13-7-4-5-9-15(13)26-16/h4-5,7,9,11,14H,6,8,10H2,1-3H3,(H,21,22,25)/t14-/m0/s1. The van der Waals surface area contributed by atoms with E-state index in [2.05, 4.69) is 21.5 Å². The fraction of sp³-hybridized carbons (Fsp3) is 0.444. The normalized spacial score (nSPS) is 17.4. The first-order chi connectivity index (χ1) is 12.5. The number of carbonyl (C=O) groups excluding carboxylic acids is 1. The van der Waals surface area contributed by atoms with Gasteiger partial charge in [-0.05, 0) is 45.7 Å². The molecule has 1 aromatic carbocycles. The largest absolute Gasteiger partial charge is 0.324 e. The maximum Gasteiger partial charge on any atom is 0.324 e. The maximum absolute atomic E-state index is 12.8. The first-order valence-electron chi connectivity index (χ1n) is 8.89. The Balaban J connectivity index is 1.54. The third-order valence-electron chi connectivity index (χ3n) is 4.62. The number of carbonyl (C=O) groups is 1. The molecular formula is C18H22N6OS. The van der Waals surface area contributed by atoms with Gasteiger partial charge in [0.05, 0.1) is 16.3 Å². The van der Waals surface area contributed by atoms with Crippen molar-refractivity contribution in [1.29, 1.82) is 0 Å². The molecule has 1 aliphatic rings. The summed E-state index contributed by atoms with van der Waals surface area (Å²) in [6.07, 6.45) is 1.90. The molecule has 2 amide bonds. The van der Waals surface area contributed by atoms with E-state index in [1.165, 1.54) is 0 Å². The number of hydrogen-bond donors (Lipinski definition) is 1. The van der Waals surface area contributed by atoms with Crippen LogP contribution in [0, 0.1) is 6.92 Å². The van der Waals surface area contributed by atoms with Crippen molar-refractivity contribution in [3.05, 3.63) is 35.1 Å². The summed E-state index contributed by atoms with van der Waals surface area (Å²) in [6.45, 7) is 6.69. The molecule has 0 unspecified atom stereocenters. The van der Waals surface area contributed by atoms with Crippen LogP contribution in [0.25, 0.3) is 10.2 Å². The van der Waals surface area contributed by atoms with Crippen molar-refractivity contribution < 1.29 is 4.79 Å². The van der Waals surface area contributed by atoms with E-state index in [-0.39, 0.29) is 18.1 Å². The van der Waals surface area contributed by atoms with Gasteiger partial charge in [0.25, 0.3) is 0 Å². The lowest BCUT2D eigenvalue weighted by atomic mass is 10.2. The maximum atomic E-state index is 12.8. The van der Waals surface area contributed by atoms with Crippen LogP contribution in [0.4, 0.5) is 10.7 Å². The van der Waals surface area contributed by atoms with Gasteiger partial charge in [0.2, 0.25) is 5.95 Å². The van der Waals surface area contributed by atoms with Gasteiger partial charge in [-0.25, -0.2) is 14.5 Å². The lowest BCUT2D eigenvalue weighted by Crippen LogP contribution is -2.34. The van der Waals surface area contributed by atoms with Crippen molar-refractivity contribution in [2.75, 3.05) is 11.9 Å². The van der Waals surface area contributed by atoms with Gasteiger partial charge in [-0.3, -0.25) is 5.32 Å². The van der Waals surface area contributed by atoms with Gasteiger partial charge in [0, 0.05) is 12.6 Å². The van der Waals surface area contributed by atoms with Crippen LogP contribution in [0.3, 0.4) is 0 Å². The molecule has 0 spiro atoms. The molecule has 3 heterocycles. The molecule has 1 N–H and O–H groups in total. The number of amides is 2. The van der Waals surface area contributed by atoms with E-state index in [4.69, 9.17) is 4.98 Å². The van der Waals surface area contributed by atoms with E-state index in [0.29, 0.717) is 5.95 Å². The summed E-state index contributed by atoms with van der Waals surface area (Å²) in [5.74, 6) is 1.15. The molecule has 0 radical (unpaired) electrons. The third kappa shape index (κ3) is 3.05. The van der Waals surface area contributed by atoms with E-state index < -0.39 is 0 Å². The molecule has 3 aromatic rings. The monoisotopic (exact) mass is 370 g/mol. The third-order valence-corrected chi connectivity index (χ3v) is 5.76. The summed E-state index contributed by atoms with van der Waals surface area (Å²) >= 11 is 1.66. The molecule has 4 rings (SSSR count). The van der Waals surface area contributed by atoms with Crippen LogP contribution in [0.2, 0.25) is 0 Å². The van der Waals surface area contributed by atoms with Crippen molar-refractivity contribution in [3.8, 4) is 0 Å². The molecule has 1 fully saturated rings. The lowest BCUT2D eigenvalue weighted by Gasteiger charge is -2.22. The molecule has 8 heteroatoms. The highest BCUT2D eigenvalue weighted by Crippen LogP contribution is 2.36. The van der Waals surface area contributed by atoms with Crippen molar-refractivity contribution in [2.45, 2.75) is 45.7 Å². The van der Waals surface area contributed by atoms with Gasteiger partial charge in [-0.15, -0.1) is 16.4 Å². The van der Waals surface area contributed by atoms with Crippen LogP contribution in [-0.4, -0.2) is 37.2 Å². The predicted molar refractivity (Wildman–Crippen MR) is 102 cm³/mol. The fourth-order valence-electron chi connectivity index (χ4n) is 3.41. The molecule has 1 saturated heterocycles. The highest BCUT2D eigenvalue weighted by atomic mass is 32.1. The van der Waals surface area contributed by atoms with Crippen molar-refractivity contribution in [1.82, 2.24) is 24.6 Å². The summed E-state index contributed by atoms with van der Waals surface area (Å²) in [7, 11) is 0. The Labute approximate surface area is 156 Å². The topological polar surface area (TPSA) is 75.9 Å². The number of thiazole rings is 1. The summed E-state index contributed by atoms with van der Waals surface area (Å²) in [6, 6.07) is 8.15. The average molecular weight is 370 g/mol. The Morgan fingerprint density at radius 3 is 2.85 bits per heavy atom. The number of likely N-dealkylation sites (tertiary alicyclic amines) is 1. The Morgan fingerprint density at radius 1 is 1.31 bits per heavy atom. The van der Waals surface area contributed by atoms with Crippen molar-refractivity contribution >= 4 is 33.5 Å². The molecule has 1 aliphatic heterocycles. The summed E-state index contributed by atoms with van der Waals surface area (Å²) in [4.78, 5) is 23.8. The minimum absolute atomic E-state index is 0.0145. The average Bonchev–Trinajstić information content (AvgIpc) is 3.31. The van der Waals surface area contributed by atoms with Gasteiger partial charge in [-0.1, -0.05) is 12.1 Å². The fourth-order valence-corrected chi connectivity index (χ4v) is 4.53. The van der Waals surface area contributed by atoms with Crippen LogP contribution in [0.15, 0.2) is 24.3 Å². The second-order valence-corrected chi connectivity index (χ2v) is 7.88. The number of aryl methyl sites for hydroxylation is 1. The Morgan fingerprint density at radius 2 is 2.12 bits per heavy atom. The van der Waals surface area contributed by atoms with Gasteiger partial charge in [-0.2, -0.15) is 4.98 Å². The van der Waals surface area contributed by atoms with Crippen molar-refractivity contribution in [3.63, 3.8) is 0 Å². The molecule has 7 nitrogen and oxygen atoms in total.